The smallest absolute Gasteiger partial charge is 0.223 e. The Morgan fingerprint density at radius 1 is 1.32 bits per heavy atom. The molecule has 4 nitrogen and oxygen atoms in total. The minimum absolute atomic E-state index is 0. The summed E-state index contributed by atoms with van der Waals surface area (Å²) in [6.07, 6.45) is 5.24. The topological polar surface area (TPSA) is 52.6 Å². The van der Waals surface area contributed by atoms with Gasteiger partial charge in [0.25, 0.3) is 0 Å². The van der Waals surface area contributed by atoms with Crippen LogP contribution in [-0.2, 0) is 4.79 Å². The number of likely N-dealkylation sites (N-methyl/N-ethyl adjacent to an activating group) is 1. The summed E-state index contributed by atoms with van der Waals surface area (Å²) in [6, 6.07) is 0.424. The van der Waals surface area contributed by atoms with Crippen LogP contribution in [-0.4, -0.2) is 48.7 Å². The van der Waals surface area contributed by atoms with Gasteiger partial charge in [-0.15, -0.1) is 12.4 Å². The van der Waals surface area contributed by atoms with E-state index in [0.717, 1.165) is 45.1 Å². The summed E-state index contributed by atoms with van der Waals surface area (Å²) in [4.78, 5) is 14.2. The van der Waals surface area contributed by atoms with Gasteiger partial charge in [0, 0.05) is 18.5 Å². The summed E-state index contributed by atoms with van der Waals surface area (Å²) in [5.41, 5.74) is 0. The van der Waals surface area contributed by atoms with E-state index >= 15 is 0 Å². The summed E-state index contributed by atoms with van der Waals surface area (Å²) in [5.74, 6) is 0.280. The van der Waals surface area contributed by atoms with Gasteiger partial charge in [0.05, 0.1) is 6.10 Å². The Morgan fingerprint density at radius 2 is 1.89 bits per heavy atom. The van der Waals surface area contributed by atoms with Crippen LogP contribution in [0.5, 0.6) is 0 Å². The molecular formula is C14H29ClN2O2. The van der Waals surface area contributed by atoms with E-state index in [1.54, 1.807) is 0 Å². The van der Waals surface area contributed by atoms with Gasteiger partial charge < -0.3 is 15.3 Å². The molecule has 0 aromatic heterocycles. The van der Waals surface area contributed by atoms with Crippen molar-refractivity contribution in [1.82, 2.24) is 10.2 Å². The van der Waals surface area contributed by atoms with Gasteiger partial charge in [0.15, 0.2) is 0 Å². The molecule has 1 fully saturated rings. The van der Waals surface area contributed by atoms with Crippen LogP contribution in [0, 0.1) is 5.92 Å². The minimum Gasteiger partial charge on any atom is -0.393 e. The van der Waals surface area contributed by atoms with Crippen molar-refractivity contribution in [1.29, 1.82) is 0 Å². The van der Waals surface area contributed by atoms with Gasteiger partial charge in [-0.3, -0.25) is 4.79 Å². The fraction of sp³-hybridized carbons (Fsp3) is 0.929. The van der Waals surface area contributed by atoms with Gasteiger partial charge in [0.2, 0.25) is 5.91 Å². The molecule has 19 heavy (non-hydrogen) atoms. The molecule has 1 amide bonds. The van der Waals surface area contributed by atoms with Crippen molar-refractivity contribution in [3.05, 3.63) is 0 Å². The highest BCUT2D eigenvalue weighted by atomic mass is 35.5. The van der Waals surface area contributed by atoms with Gasteiger partial charge in [-0.25, -0.2) is 0 Å². The normalized spacial score (nSPS) is 24.7. The SMILES string of the molecule is CCCC(CNC(=O)C1CCC(O)CC1)N(C)C.Cl. The number of hydrogen-bond donors (Lipinski definition) is 2. The first-order valence-electron chi connectivity index (χ1n) is 7.16. The number of aliphatic hydroxyl groups excluding tert-OH is 1. The number of carbonyl (C=O) groups excluding carboxylic acids is 1. The number of aliphatic hydroxyl groups is 1. The zero-order valence-corrected chi connectivity index (χ0v) is 13.2. The van der Waals surface area contributed by atoms with Gasteiger partial charge in [-0.1, -0.05) is 13.3 Å². The van der Waals surface area contributed by atoms with Crippen molar-refractivity contribution >= 4 is 18.3 Å². The first-order chi connectivity index (χ1) is 8.54. The average molecular weight is 293 g/mol. The van der Waals surface area contributed by atoms with Crippen LogP contribution in [0.15, 0.2) is 0 Å². The number of hydrogen-bond acceptors (Lipinski definition) is 3. The molecule has 0 radical (unpaired) electrons. The van der Waals surface area contributed by atoms with Crippen molar-refractivity contribution in [3.63, 3.8) is 0 Å². The average Bonchev–Trinajstić information content (AvgIpc) is 2.34. The van der Waals surface area contributed by atoms with E-state index in [2.05, 4.69) is 31.2 Å². The lowest BCUT2D eigenvalue weighted by Crippen LogP contribution is -2.43. The number of carbonyl (C=O) groups is 1. The van der Waals surface area contributed by atoms with Crippen LogP contribution < -0.4 is 5.32 Å². The van der Waals surface area contributed by atoms with Crippen molar-refractivity contribution in [2.75, 3.05) is 20.6 Å². The third kappa shape index (κ3) is 6.59. The number of rotatable bonds is 6. The van der Waals surface area contributed by atoms with Gasteiger partial charge in [0.1, 0.15) is 0 Å². The molecule has 114 valence electrons. The quantitative estimate of drug-likeness (QED) is 0.785. The van der Waals surface area contributed by atoms with Crippen LogP contribution in [0.2, 0.25) is 0 Å². The zero-order valence-electron chi connectivity index (χ0n) is 12.4. The van der Waals surface area contributed by atoms with Gasteiger partial charge in [-0.05, 0) is 46.2 Å². The predicted molar refractivity (Wildman–Crippen MR) is 80.6 cm³/mol. The fourth-order valence-electron chi connectivity index (χ4n) is 2.58. The van der Waals surface area contributed by atoms with E-state index in [1.807, 2.05) is 0 Å². The summed E-state index contributed by atoms with van der Waals surface area (Å²) in [7, 11) is 4.12. The van der Waals surface area contributed by atoms with E-state index in [0.29, 0.717) is 6.04 Å². The maximum absolute atomic E-state index is 12.0. The lowest BCUT2D eigenvalue weighted by molar-refractivity contribution is -0.126. The lowest BCUT2D eigenvalue weighted by atomic mass is 9.87. The van der Waals surface area contributed by atoms with E-state index in [9.17, 15) is 9.90 Å². The molecule has 0 heterocycles. The molecule has 0 spiro atoms. The summed E-state index contributed by atoms with van der Waals surface area (Å²) in [6.45, 7) is 2.90. The van der Waals surface area contributed by atoms with Crippen LogP contribution in [0.4, 0.5) is 0 Å². The number of amides is 1. The van der Waals surface area contributed by atoms with Crippen molar-refractivity contribution < 1.29 is 9.90 Å². The second kappa shape index (κ2) is 9.56. The molecule has 0 aromatic rings. The van der Waals surface area contributed by atoms with Crippen molar-refractivity contribution in [2.24, 2.45) is 5.92 Å². The fourth-order valence-corrected chi connectivity index (χ4v) is 2.58. The Hall–Kier alpha value is -0.320. The van der Waals surface area contributed by atoms with Gasteiger partial charge >= 0.3 is 0 Å². The molecule has 1 unspecified atom stereocenters. The summed E-state index contributed by atoms with van der Waals surface area (Å²) in [5, 5.41) is 12.5. The third-order valence-electron chi connectivity index (χ3n) is 3.93. The van der Waals surface area contributed by atoms with E-state index in [-0.39, 0.29) is 30.3 Å². The van der Waals surface area contributed by atoms with Crippen LogP contribution >= 0.6 is 12.4 Å². The molecule has 1 aliphatic rings. The Balaban J connectivity index is 0.00000324. The molecule has 1 aliphatic carbocycles. The number of halogens is 1. The second-order valence-electron chi connectivity index (χ2n) is 5.66. The molecule has 1 rings (SSSR count). The zero-order chi connectivity index (χ0) is 13.5. The van der Waals surface area contributed by atoms with Crippen molar-refractivity contribution in [2.45, 2.75) is 57.6 Å². The van der Waals surface area contributed by atoms with Crippen LogP contribution in [0.25, 0.3) is 0 Å². The molecule has 0 saturated heterocycles. The first-order valence-corrected chi connectivity index (χ1v) is 7.16. The lowest BCUT2D eigenvalue weighted by Gasteiger charge is -2.27. The molecule has 0 aliphatic heterocycles. The summed E-state index contributed by atoms with van der Waals surface area (Å²) < 4.78 is 0. The molecule has 0 bridgehead atoms. The van der Waals surface area contributed by atoms with Crippen molar-refractivity contribution in [3.8, 4) is 0 Å². The Labute approximate surface area is 123 Å². The molecular weight excluding hydrogens is 264 g/mol. The highest BCUT2D eigenvalue weighted by Crippen LogP contribution is 2.24. The Morgan fingerprint density at radius 3 is 2.37 bits per heavy atom. The van der Waals surface area contributed by atoms with E-state index in [4.69, 9.17) is 0 Å². The van der Waals surface area contributed by atoms with E-state index < -0.39 is 0 Å². The molecule has 1 saturated carbocycles. The first kappa shape index (κ1) is 18.7. The standard InChI is InChI=1S/C14H28N2O2.ClH/c1-4-5-12(16(2)3)10-15-14(18)11-6-8-13(17)9-7-11;/h11-13,17H,4-10H2,1-3H3,(H,15,18);1H. The van der Waals surface area contributed by atoms with E-state index in [1.165, 1.54) is 0 Å². The Bertz CT molecular complexity index is 254. The maximum Gasteiger partial charge on any atom is 0.223 e. The third-order valence-corrected chi connectivity index (χ3v) is 3.93. The summed E-state index contributed by atoms with van der Waals surface area (Å²) >= 11 is 0. The monoisotopic (exact) mass is 292 g/mol. The molecule has 5 heteroatoms. The maximum atomic E-state index is 12.0. The number of nitrogens with one attached hydrogen (secondary N) is 1. The molecule has 0 aromatic carbocycles. The minimum atomic E-state index is -0.191. The van der Waals surface area contributed by atoms with Crippen LogP contribution in [0.3, 0.4) is 0 Å². The number of nitrogens with zero attached hydrogens (tertiary/aromatic N) is 1. The molecule has 2 N–H and O–H groups in total. The molecule has 1 atom stereocenters. The second-order valence-corrected chi connectivity index (χ2v) is 5.66. The van der Waals surface area contributed by atoms with Crippen LogP contribution in [0.1, 0.15) is 45.4 Å². The highest BCUT2D eigenvalue weighted by molar-refractivity contribution is 5.85. The highest BCUT2D eigenvalue weighted by Gasteiger charge is 2.25. The largest absolute Gasteiger partial charge is 0.393 e. The predicted octanol–water partition coefficient (Wildman–Crippen LogP) is 1.81. The van der Waals surface area contributed by atoms with Gasteiger partial charge in [-0.2, -0.15) is 0 Å². The Kier molecular flexibility index (Phi) is 9.40.